The van der Waals surface area contributed by atoms with Crippen molar-refractivity contribution >= 4 is 40.7 Å². The third kappa shape index (κ3) is 7.29. The molecule has 2 atom stereocenters. The molecule has 1 amide bonds. The first kappa shape index (κ1) is 25.7. The Hall–Kier alpha value is -1.90. The minimum absolute atomic E-state index is 0.147. The molecule has 0 aliphatic carbocycles. The Labute approximate surface area is 204 Å². The summed E-state index contributed by atoms with van der Waals surface area (Å²) < 4.78 is 6.03. The molecular formula is C25H34N2O4S2. The molecule has 1 saturated heterocycles. The number of aliphatic hydroxyl groups is 1. The van der Waals surface area contributed by atoms with Gasteiger partial charge in [0, 0.05) is 29.3 Å². The van der Waals surface area contributed by atoms with Crippen molar-refractivity contribution in [1.29, 1.82) is 0 Å². The van der Waals surface area contributed by atoms with Crippen LogP contribution in [0.1, 0.15) is 87.9 Å². The normalized spacial score (nSPS) is 17.1. The maximum atomic E-state index is 12.6. The smallest absolute Gasteiger partial charge is 0.358 e. The van der Waals surface area contributed by atoms with Gasteiger partial charge in [0.15, 0.2) is 10.0 Å². The largest absolute Gasteiger partial charge is 0.458 e. The average molecular weight is 491 g/mol. The number of aromatic nitrogens is 1. The molecule has 2 heterocycles. The molecule has 180 valence electrons. The van der Waals surface area contributed by atoms with Crippen LogP contribution in [0.2, 0.25) is 0 Å². The number of carbonyl (C=O) groups is 2. The number of thioether (sulfide) groups is 1. The lowest BCUT2D eigenvalue weighted by Gasteiger charge is -2.25. The second-order valence-corrected chi connectivity index (χ2v) is 10.8. The van der Waals surface area contributed by atoms with Gasteiger partial charge in [0.05, 0.1) is 12.2 Å². The van der Waals surface area contributed by atoms with Gasteiger partial charge in [-0.15, -0.1) is 11.3 Å². The van der Waals surface area contributed by atoms with Gasteiger partial charge in [-0.2, -0.15) is 0 Å². The molecule has 1 aromatic carbocycles. The lowest BCUT2D eigenvalue weighted by atomic mass is 10.0. The van der Waals surface area contributed by atoms with E-state index in [1.54, 1.807) is 17.1 Å². The minimum Gasteiger partial charge on any atom is -0.458 e. The maximum Gasteiger partial charge on any atom is 0.358 e. The number of carbonyl (C=O) groups excluding carboxylic acids is 2. The monoisotopic (exact) mass is 490 g/mol. The van der Waals surface area contributed by atoms with Crippen molar-refractivity contribution in [2.45, 2.75) is 88.3 Å². The number of hydrogen-bond acceptors (Lipinski definition) is 7. The van der Waals surface area contributed by atoms with Crippen molar-refractivity contribution in [1.82, 2.24) is 4.98 Å². The Balaban J connectivity index is 1.54. The molecular weight excluding hydrogens is 456 g/mol. The van der Waals surface area contributed by atoms with Gasteiger partial charge in [-0.1, -0.05) is 50.1 Å². The highest BCUT2D eigenvalue weighted by molar-refractivity contribution is 8.01. The van der Waals surface area contributed by atoms with Gasteiger partial charge in [-0.05, 0) is 50.8 Å². The first-order valence-corrected chi connectivity index (χ1v) is 13.6. The van der Waals surface area contributed by atoms with Gasteiger partial charge in [-0.25, -0.2) is 9.78 Å². The van der Waals surface area contributed by atoms with Crippen LogP contribution in [-0.2, 0) is 9.53 Å². The molecule has 6 nitrogen and oxygen atoms in total. The topological polar surface area (TPSA) is 79.7 Å². The van der Waals surface area contributed by atoms with Crippen LogP contribution >= 0.6 is 23.1 Å². The molecule has 0 bridgehead atoms. The number of rotatable bonds is 12. The summed E-state index contributed by atoms with van der Waals surface area (Å²) in [6, 6.07) is 7.94. The first-order valence-electron chi connectivity index (χ1n) is 11.8. The van der Waals surface area contributed by atoms with Crippen LogP contribution in [0.25, 0.3) is 0 Å². The summed E-state index contributed by atoms with van der Waals surface area (Å²) >= 11 is 3.05. The van der Waals surface area contributed by atoms with Crippen molar-refractivity contribution in [3.63, 3.8) is 0 Å². The molecule has 8 heteroatoms. The molecule has 2 aromatic rings. The summed E-state index contributed by atoms with van der Waals surface area (Å²) in [5.74, 6) is 0.572. The lowest BCUT2D eigenvalue weighted by molar-refractivity contribution is -0.117. The van der Waals surface area contributed by atoms with Crippen molar-refractivity contribution in [3.8, 4) is 0 Å². The number of unbranched alkanes of at least 4 members (excludes halogenated alkanes) is 2. The van der Waals surface area contributed by atoms with E-state index in [1.165, 1.54) is 11.3 Å². The molecule has 33 heavy (non-hydrogen) atoms. The van der Waals surface area contributed by atoms with Crippen molar-refractivity contribution in [2.24, 2.45) is 0 Å². The Morgan fingerprint density at radius 2 is 2.06 bits per heavy atom. The van der Waals surface area contributed by atoms with Gasteiger partial charge >= 0.3 is 5.97 Å². The molecule has 1 fully saturated rings. The van der Waals surface area contributed by atoms with E-state index in [4.69, 9.17) is 4.74 Å². The summed E-state index contributed by atoms with van der Waals surface area (Å²) in [5, 5.41) is 12.1. The fraction of sp³-hybridized carbons (Fsp3) is 0.560. The van der Waals surface area contributed by atoms with E-state index in [2.05, 4.69) is 11.9 Å². The SMILES string of the molecule is CCCCCC(O)c1ccc(N2C(=O)CC[C@H]2CCSc2nc(C(=O)OC(C)C)cs2)cc1. The van der Waals surface area contributed by atoms with E-state index in [9.17, 15) is 14.7 Å². The Morgan fingerprint density at radius 3 is 2.76 bits per heavy atom. The second-order valence-electron chi connectivity index (χ2n) is 8.65. The molecule has 0 radical (unpaired) electrons. The molecule has 0 saturated carbocycles. The highest BCUT2D eigenvalue weighted by Gasteiger charge is 2.32. The van der Waals surface area contributed by atoms with Crippen LogP contribution in [0.15, 0.2) is 34.0 Å². The average Bonchev–Trinajstić information content (AvgIpc) is 3.40. The number of thiazole rings is 1. The highest BCUT2D eigenvalue weighted by atomic mass is 32.2. The third-order valence-electron chi connectivity index (χ3n) is 5.67. The molecule has 1 aromatic heterocycles. The summed E-state index contributed by atoms with van der Waals surface area (Å²) in [4.78, 5) is 30.8. The van der Waals surface area contributed by atoms with E-state index in [1.807, 2.05) is 43.0 Å². The molecule has 1 unspecified atom stereocenters. The van der Waals surface area contributed by atoms with Crippen LogP contribution in [0.4, 0.5) is 5.69 Å². The zero-order valence-electron chi connectivity index (χ0n) is 19.7. The number of aliphatic hydroxyl groups excluding tert-OH is 1. The molecule has 0 spiro atoms. The van der Waals surface area contributed by atoms with Gasteiger partial charge in [0.1, 0.15) is 0 Å². The van der Waals surface area contributed by atoms with Gasteiger partial charge in [0.25, 0.3) is 0 Å². The number of nitrogens with zero attached hydrogens (tertiary/aromatic N) is 2. The predicted octanol–water partition coefficient (Wildman–Crippen LogP) is 6.00. The number of ether oxygens (including phenoxy) is 1. The quantitative estimate of drug-likeness (QED) is 0.223. The Kier molecular flexibility index (Phi) is 9.77. The van der Waals surface area contributed by atoms with Gasteiger partial charge in [0.2, 0.25) is 5.91 Å². The Bertz CT molecular complexity index is 913. The van der Waals surface area contributed by atoms with E-state index < -0.39 is 6.10 Å². The van der Waals surface area contributed by atoms with E-state index in [-0.39, 0.29) is 24.0 Å². The van der Waals surface area contributed by atoms with E-state index in [0.29, 0.717) is 12.1 Å². The summed E-state index contributed by atoms with van der Waals surface area (Å²) in [6.45, 7) is 5.79. The van der Waals surface area contributed by atoms with E-state index in [0.717, 1.165) is 59.9 Å². The van der Waals surface area contributed by atoms with Crippen LogP contribution in [-0.4, -0.2) is 39.9 Å². The summed E-state index contributed by atoms with van der Waals surface area (Å²) in [6.07, 6.45) is 5.67. The maximum absolute atomic E-state index is 12.6. The van der Waals surface area contributed by atoms with Gasteiger partial charge < -0.3 is 14.7 Å². The van der Waals surface area contributed by atoms with Crippen LogP contribution in [0, 0.1) is 0 Å². The van der Waals surface area contributed by atoms with Crippen molar-refractivity contribution in [3.05, 3.63) is 40.9 Å². The molecule has 1 N–H and O–H groups in total. The number of amides is 1. The second kappa shape index (κ2) is 12.5. The summed E-state index contributed by atoms with van der Waals surface area (Å²) in [5.41, 5.74) is 2.15. The number of benzene rings is 1. The van der Waals surface area contributed by atoms with Crippen molar-refractivity contribution in [2.75, 3.05) is 10.7 Å². The zero-order chi connectivity index (χ0) is 23.8. The first-order chi connectivity index (χ1) is 15.9. The standard InChI is InChI=1S/C25H34N2O4S2/c1-4-5-6-7-22(28)18-8-10-19(11-9-18)27-20(12-13-23(27)29)14-15-32-25-26-21(16-33-25)24(30)31-17(2)3/h8-11,16-17,20,22,28H,4-7,12-15H2,1-3H3/t20-,22?/m0/s1. The zero-order valence-corrected chi connectivity index (χ0v) is 21.3. The molecule has 3 rings (SSSR count). The fourth-order valence-electron chi connectivity index (χ4n) is 3.96. The number of esters is 1. The van der Waals surface area contributed by atoms with Gasteiger partial charge in [-0.3, -0.25) is 4.79 Å². The third-order valence-corrected chi connectivity index (χ3v) is 7.73. The fourth-order valence-corrected chi connectivity index (χ4v) is 5.86. The minimum atomic E-state index is -0.451. The highest BCUT2D eigenvalue weighted by Crippen LogP contribution is 2.32. The molecule has 1 aliphatic heterocycles. The summed E-state index contributed by atoms with van der Waals surface area (Å²) in [7, 11) is 0. The number of hydrogen-bond donors (Lipinski definition) is 1. The van der Waals surface area contributed by atoms with Crippen LogP contribution in [0.3, 0.4) is 0 Å². The molecule has 1 aliphatic rings. The number of anilines is 1. The Morgan fingerprint density at radius 1 is 1.30 bits per heavy atom. The lowest BCUT2D eigenvalue weighted by Crippen LogP contribution is -2.33. The van der Waals surface area contributed by atoms with Crippen molar-refractivity contribution < 1.29 is 19.4 Å². The van der Waals surface area contributed by atoms with Crippen LogP contribution in [0.5, 0.6) is 0 Å². The predicted molar refractivity (Wildman–Crippen MR) is 134 cm³/mol. The van der Waals surface area contributed by atoms with Crippen LogP contribution < -0.4 is 4.90 Å². The van der Waals surface area contributed by atoms with E-state index >= 15 is 0 Å².